The van der Waals surface area contributed by atoms with E-state index < -0.39 is 17.5 Å². The van der Waals surface area contributed by atoms with Gasteiger partial charge in [-0.1, -0.05) is 6.92 Å². The first-order valence-electron chi connectivity index (χ1n) is 6.07. The summed E-state index contributed by atoms with van der Waals surface area (Å²) in [7, 11) is 0. The Bertz CT molecular complexity index is 433. The third-order valence-corrected chi connectivity index (χ3v) is 2.56. The lowest BCUT2D eigenvalue weighted by Gasteiger charge is -2.24. The quantitative estimate of drug-likeness (QED) is 0.895. The third-order valence-electron chi connectivity index (χ3n) is 2.56. The van der Waals surface area contributed by atoms with Crippen molar-refractivity contribution in [2.24, 2.45) is 0 Å². The molecule has 0 atom stereocenters. The maximum atomic E-state index is 12.7. The van der Waals surface area contributed by atoms with Gasteiger partial charge < -0.3 is 10.1 Å². The molecular formula is C12H18F3N3O. The minimum absolute atomic E-state index is 0.0786. The molecular weight excluding hydrogens is 259 g/mol. The molecule has 0 saturated carbocycles. The SMILES string of the molecule is CCNc1nc(OC(C)(C)CC)cc(C(F)(F)F)n1. The Balaban J connectivity index is 3.13. The summed E-state index contributed by atoms with van der Waals surface area (Å²) < 4.78 is 43.7. The van der Waals surface area contributed by atoms with Crippen molar-refractivity contribution in [3.63, 3.8) is 0 Å². The minimum Gasteiger partial charge on any atom is -0.472 e. The molecule has 0 amide bonds. The van der Waals surface area contributed by atoms with Crippen LogP contribution in [-0.2, 0) is 6.18 Å². The molecule has 1 aromatic rings. The van der Waals surface area contributed by atoms with Crippen LogP contribution in [0.3, 0.4) is 0 Å². The van der Waals surface area contributed by atoms with Crippen LogP contribution in [0.4, 0.5) is 19.1 Å². The molecule has 0 bridgehead atoms. The van der Waals surface area contributed by atoms with Gasteiger partial charge in [0.25, 0.3) is 0 Å². The maximum absolute atomic E-state index is 12.7. The van der Waals surface area contributed by atoms with E-state index in [0.29, 0.717) is 13.0 Å². The molecule has 0 saturated heterocycles. The van der Waals surface area contributed by atoms with Crippen LogP contribution in [0.25, 0.3) is 0 Å². The highest BCUT2D eigenvalue weighted by Gasteiger charge is 2.34. The van der Waals surface area contributed by atoms with Gasteiger partial charge in [-0.3, -0.25) is 0 Å². The maximum Gasteiger partial charge on any atom is 0.433 e. The number of hydrogen-bond donors (Lipinski definition) is 1. The average Bonchev–Trinajstić information content (AvgIpc) is 2.27. The highest BCUT2D eigenvalue weighted by atomic mass is 19.4. The fraction of sp³-hybridized carbons (Fsp3) is 0.667. The van der Waals surface area contributed by atoms with E-state index in [2.05, 4.69) is 15.3 Å². The molecule has 19 heavy (non-hydrogen) atoms. The minimum atomic E-state index is -4.53. The fourth-order valence-electron chi connectivity index (χ4n) is 1.21. The average molecular weight is 277 g/mol. The van der Waals surface area contributed by atoms with E-state index in [9.17, 15) is 13.2 Å². The number of rotatable bonds is 5. The Morgan fingerprint density at radius 1 is 1.21 bits per heavy atom. The normalized spacial score (nSPS) is 12.4. The molecule has 1 aromatic heterocycles. The highest BCUT2D eigenvalue weighted by molar-refractivity contribution is 5.32. The molecule has 0 aliphatic rings. The Morgan fingerprint density at radius 3 is 2.32 bits per heavy atom. The summed E-state index contributed by atoms with van der Waals surface area (Å²) in [6.07, 6.45) is -3.88. The Morgan fingerprint density at radius 2 is 1.84 bits per heavy atom. The zero-order valence-electron chi connectivity index (χ0n) is 11.4. The summed E-state index contributed by atoms with van der Waals surface area (Å²) in [5, 5.41) is 2.66. The summed E-state index contributed by atoms with van der Waals surface area (Å²) in [5.41, 5.74) is -1.60. The van der Waals surface area contributed by atoms with Gasteiger partial charge in [-0.25, -0.2) is 4.98 Å². The second-order valence-electron chi connectivity index (χ2n) is 4.66. The highest BCUT2D eigenvalue weighted by Crippen LogP contribution is 2.31. The second-order valence-corrected chi connectivity index (χ2v) is 4.66. The molecule has 0 aliphatic heterocycles. The van der Waals surface area contributed by atoms with Gasteiger partial charge in [0.2, 0.25) is 11.8 Å². The van der Waals surface area contributed by atoms with Gasteiger partial charge >= 0.3 is 6.18 Å². The first kappa shape index (κ1) is 15.5. The molecule has 1 N–H and O–H groups in total. The largest absolute Gasteiger partial charge is 0.472 e. The molecule has 1 rings (SSSR count). The van der Waals surface area contributed by atoms with Crippen molar-refractivity contribution < 1.29 is 17.9 Å². The molecule has 0 spiro atoms. The number of hydrogen-bond acceptors (Lipinski definition) is 4. The van der Waals surface area contributed by atoms with Crippen LogP contribution in [0.15, 0.2) is 6.07 Å². The van der Waals surface area contributed by atoms with Crippen molar-refractivity contribution in [1.29, 1.82) is 0 Å². The van der Waals surface area contributed by atoms with Crippen molar-refractivity contribution in [3.8, 4) is 5.88 Å². The summed E-state index contributed by atoms with van der Waals surface area (Å²) >= 11 is 0. The molecule has 1 heterocycles. The third kappa shape index (κ3) is 4.57. The predicted molar refractivity (Wildman–Crippen MR) is 66.2 cm³/mol. The Hall–Kier alpha value is -1.53. The first-order chi connectivity index (χ1) is 8.68. The van der Waals surface area contributed by atoms with Crippen LogP contribution in [0, 0.1) is 0 Å². The lowest BCUT2D eigenvalue weighted by atomic mass is 10.1. The Kier molecular flexibility index (Phi) is 4.60. The van der Waals surface area contributed by atoms with Gasteiger partial charge in [0.1, 0.15) is 5.60 Å². The molecule has 0 aromatic carbocycles. The lowest BCUT2D eigenvalue weighted by molar-refractivity contribution is -0.141. The summed E-state index contributed by atoms with van der Waals surface area (Å²) in [6, 6.07) is 0.818. The van der Waals surface area contributed by atoms with Crippen LogP contribution in [0.2, 0.25) is 0 Å². The van der Waals surface area contributed by atoms with E-state index in [1.54, 1.807) is 20.8 Å². The van der Waals surface area contributed by atoms with E-state index in [0.717, 1.165) is 6.07 Å². The van der Waals surface area contributed by atoms with Crippen molar-refractivity contribution in [2.75, 3.05) is 11.9 Å². The molecule has 108 valence electrons. The predicted octanol–water partition coefficient (Wildman–Crippen LogP) is 3.49. The van der Waals surface area contributed by atoms with E-state index in [-0.39, 0.29) is 11.8 Å². The number of anilines is 1. The molecule has 7 heteroatoms. The van der Waals surface area contributed by atoms with Crippen molar-refractivity contribution >= 4 is 5.95 Å². The molecule has 0 aliphatic carbocycles. The molecule has 0 radical (unpaired) electrons. The fourth-order valence-corrected chi connectivity index (χ4v) is 1.21. The monoisotopic (exact) mass is 277 g/mol. The zero-order valence-corrected chi connectivity index (χ0v) is 11.4. The second kappa shape index (κ2) is 5.63. The zero-order chi connectivity index (χ0) is 14.7. The van der Waals surface area contributed by atoms with Crippen LogP contribution in [0.5, 0.6) is 5.88 Å². The summed E-state index contributed by atoms with van der Waals surface area (Å²) in [5.74, 6) is -0.163. The smallest absolute Gasteiger partial charge is 0.433 e. The topological polar surface area (TPSA) is 47.0 Å². The number of aromatic nitrogens is 2. The van der Waals surface area contributed by atoms with Crippen LogP contribution in [0.1, 0.15) is 39.8 Å². The van der Waals surface area contributed by atoms with Gasteiger partial charge in [0.05, 0.1) is 0 Å². The van der Waals surface area contributed by atoms with Gasteiger partial charge in [0, 0.05) is 12.6 Å². The molecule has 4 nitrogen and oxygen atoms in total. The van der Waals surface area contributed by atoms with Crippen molar-refractivity contribution in [2.45, 2.75) is 45.9 Å². The summed E-state index contributed by atoms with van der Waals surface area (Å²) in [6.45, 7) is 7.64. The van der Waals surface area contributed by atoms with E-state index in [4.69, 9.17) is 4.74 Å². The van der Waals surface area contributed by atoms with Gasteiger partial charge in [-0.05, 0) is 27.2 Å². The number of nitrogens with zero attached hydrogens (tertiary/aromatic N) is 2. The number of ether oxygens (including phenoxy) is 1. The van der Waals surface area contributed by atoms with E-state index >= 15 is 0 Å². The first-order valence-corrected chi connectivity index (χ1v) is 6.07. The van der Waals surface area contributed by atoms with Crippen LogP contribution in [-0.4, -0.2) is 22.1 Å². The van der Waals surface area contributed by atoms with E-state index in [1.165, 1.54) is 0 Å². The van der Waals surface area contributed by atoms with E-state index in [1.807, 2.05) is 6.92 Å². The number of nitrogens with one attached hydrogen (secondary N) is 1. The van der Waals surface area contributed by atoms with Gasteiger partial charge in [-0.2, -0.15) is 18.2 Å². The lowest BCUT2D eigenvalue weighted by Crippen LogP contribution is -2.28. The number of halogens is 3. The van der Waals surface area contributed by atoms with Gasteiger partial charge in [-0.15, -0.1) is 0 Å². The number of alkyl halides is 3. The Labute approximate surface area is 110 Å². The standard InChI is InChI=1S/C12H18F3N3O/c1-5-11(3,4)19-9-7-8(12(13,14)15)17-10(18-9)16-6-2/h7H,5-6H2,1-4H3,(H,16,17,18). The van der Waals surface area contributed by atoms with Crippen molar-refractivity contribution in [3.05, 3.63) is 11.8 Å². The molecule has 0 unspecified atom stereocenters. The van der Waals surface area contributed by atoms with Crippen LogP contribution < -0.4 is 10.1 Å². The van der Waals surface area contributed by atoms with Gasteiger partial charge in [0.15, 0.2) is 5.69 Å². The molecule has 0 fully saturated rings. The van der Waals surface area contributed by atoms with Crippen LogP contribution >= 0.6 is 0 Å². The summed E-state index contributed by atoms with van der Waals surface area (Å²) in [4.78, 5) is 7.35. The van der Waals surface area contributed by atoms with Crippen molar-refractivity contribution in [1.82, 2.24) is 9.97 Å².